The summed E-state index contributed by atoms with van der Waals surface area (Å²) in [5, 5.41) is 7.05. The minimum Gasteiger partial charge on any atom is -0.454 e. The highest BCUT2D eigenvalue weighted by molar-refractivity contribution is 5.94. The standard InChI is InChI=1S/C15H14N4O3/c20-15(11-1-2-12-13(9-11)22-10-21-12)16-5-6-18-7-8-19-14(18)3-4-17-19/h1-4,7-9H,5-6,10H2,(H,16,20). The summed E-state index contributed by atoms with van der Waals surface area (Å²) in [7, 11) is 0. The number of rotatable bonds is 4. The fraction of sp³-hybridized carbons (Fsp3) is 0.200. The number of amides is 1. The maximum atomic E-state index is 12.2. The van der Waals surface area contributed by atoms with Gasteiger partial charge in [-0.25, -0.2) is 4.52 Å². The number of nitrogens with one attached hydrogen (secondary N) is 1. The zero-order valence-electron chi connectivity index (χ0n) is 11.7. The molecule has 0 spiro atoms. The highest BCUT2D eigenvalue weighted by Crippen LogP contribution is 2.32. The first kappa shape index (κ1) is 12.8. The Labute approximate surface area is 126 Å². The van der Waals surface area contributed by atoms with Crippen molar-refractivity contribution >= 4 is 11.6 Å². The van der Waals surface area contributed by atoms with E-state index < -0.39 is 0 Å². The molecule has 3 heterocycles. The Morgan fingerprint density at radius 2 is 2.14 bits per heavy atom. The van der Waals surface area contributed by atoms with E-state index in [0.29, 0.717) is 30.2 Å². The van der Waals surface area contributed by atoms with Crippen LogP contribution in [0, 0.1) is 0 Å². The summed E-state index contributed by atoms with van der Waals surface area (Å²) >= 11 is 0. The van der Waals surface area contributed by atoms with Crippen LogP contribution in [0.25, 0.3) is 5.65 Å². The van der Waals surface area contributed by atoms with Crippen molar-refractivity contribution in [2.75, 3.05) is 13.3 Å². The molecule has 1 N–H and O–H groups in total. The fourth-order valence-corrected chi connectivity index (χ4v) is 2.49. The maximum absolute atomic E-state index is 12.2. The van der Waals surface area contributed by atoms with Crippen LogP contribution < -0.4 is 14.8 Å². The predicted octanol–water partition coefficient (Wildman–Crippen LogP) is 1.29. The number of aromatic nitrogens is 3. The number of ether oxygens (including phenoxy) is 2. The van der Waals surface area contributed by atoms with Gasteiger partial charge in [-0.3, -0.25) is 4.79 Å². The Morgan fingerprint density at radius 1 is 1.23 bits per heavy atom. The highest BCUT2D eigenvalue weighted by Gasteiger charge is 2.15. The van der Waals surface area contributed by atoms with Crippen molar-refractivity contribution in [3.05, 3.63) is 48.4 Å². The lowest BCUT2D eigenvalue weighted by Gasteiger charge is -2.07. The molecular formula is C15H14N4O3. The Hall–Kier alpha value is -2.96. The SMILES string of the molecule is O=C(NCCn1ccn2nccc12)c1ccc2c(c1)OCO2. The summed E-state index contributed by atoms with van der Waals surface area (Å²) in [5.41, 5.74) is 1.56. The van der Waals surface area contributed by atoms with Crippen LogP contribution in [-0.4, -0.2) is 33.4 Å². The van der Waals surface area contributed by atoms with Crippen LogP contribution in [0.15, 0.2) is 42.9 Å². The summed E-state index contributed by atoms with van der Waals surface area (Å²) in [4.78, 5) is 12.2. The summed E-state index contributed by atoms with van der Waals surface area (Å²) in [6, 6.07) is 7.11. The molecule has 1 amide bonds. The third-order valence-corrected chi connectivity index (χ3v) is 3.60. The van der Waals surface area contributed by atoms with Crippen LogP contribution in [0.1, 0.15) is 10.4 Å². The quantitative estimate of drug-likeness (QED) is 0.788. The Kier molecular flexibility index (Phi) is 2.96. The van der Waals surface area contributed by atoms with E-state index in [4.69, 9.17) is 9.47 Å². The van der Waals surface area contributed by atoms with Gasteiger partial charge in [0.2, 0.25) is 6.79 Å². The highest BCUT2D eigenvalue weighted by atomic mass is 16.7. The van der Waals surface area contributed by atoms with E-state index in [1.54, 1.807) is 28.9 Å². The molecule has 1 aliphatic heterocycles. The molecule has 2 aromatic heterocycles. The van der Waals surface area contributed by atoms with Crippen molar-refractivity contribution in [1.82, 2.24) is 19.5 Å². The van der Waals surface area contributed by atoms with Crippen molar-refractivity contribution in [2.45, 2.75) is 6.54 Å². The largest absolute Gasteiger partial charge is 0.454 e. The Morgan fingerprint density at radius 3 is 3.09 bits per heavy atom. The molecule has 7 heteroatoms. The lowest BCUT2D eigenvalue weighted by Crippen LogP contribution is -2.27. The van der Waals surface area contributed by atoms with E-state index in [9.17, 15) is 4.79 Å². The second kappa shape index (κ2) is 5.10. The molecule has 3 aromatic rings. The second-order valence-corrected chi connectivity index (χ2v) is 4.95. The molecule has 0 saturated heterocycles. The monoisotopic (exact) mass is 298 g/mol. The van der Waals surface area contributed by atoms with Crippen molar-refractivity contribution in [2.24, 2.45) is 0 Å². The van der Waals surface area contributed by atoms with Gasteiger partial charge in [-0.15, -0.1) is 0 Å². The number of hydrogen-bond donors (Lipinski definition) is 1. The number of fused-ring (bicyclic) bond motifs is 2. The molecule has 0 saturated carbocycles. The molecule has 7 nitrogen and oxygen atoms in total. The lowest BCUT2D eigenvalue weighted by atomic mass is 10.2. The summed E-state index contributed by atoms with van der Waals surface area (Å²) in [6.45, 7) is 1.41. The molecule has 0 bridgehead atoms. The molecule has 112 valence electrons. The number of hydrogen-bond acceptors (Lipinski definition) is 4. The van der Waals surface area contributed by atoms with Gasteiger partial charge in [0.05, 0.1) is 6.20 Å². The van der Waals surface area contributed by atoms with Crippen molar-refractivity contribution in [3.8, 4) is 11.5 Å². The average Bonchev–Trinajstić information content (AvgIpc) is 3.23. The van der Waals surface area contributed by atoms with Crippen molar-refractivity contribution < 1.29 is 14.3 Å². The predicted molar refractivity (Wildman–Crippen MR) is 78.1 cm³/mol. The van der Waals surface area contributed by atoms with Crippen molar-refractivity contribution in [3.63, 3.8) is 0 Å². The number of carbonyl (C=O) groups excluding carboxylic acids is 1. The van der Waals surface area contributed by atoms with E-state index in [-0.39, 0.29) is 12.7 Å². The van der Waals surface area contributed by atoms with Gasteiger partial charge >= 0.3 is 0 Å². The van der Waals surface area contributed by atoms with E-state index in [1.807, 2.05) is 23.0 Å². The van der Waals surface area contributed by atoms with Crippen LogP contribution >= 0.6 is 0 Å². The van der Waals surface area contributed by atoms with Gasteiger partial charge in [0.25, 0.3) is 5.91 Å². The summed E-state index contributed by atoms with van der Waals surface area (Å²) < 4.78 is 14.3. The third kappa shape index (κ3) is 2.16. The van der Waals surface area contributed by atoms with Gasteiger partial charge in [0.15, 0.2) is 11.5 Å². The lowest BCUT2D eigenvalue weighted by molar-refractivity contribution is 0.0952. The molecule has 0 radical (unpaired) electrons. The molecule has 0 atom stereocenters. The van der Waals surface area contributed by atoms with Crippen LogP contribution in [0.4, 0.5) is 0 Å². The zero-order valence-corrected chi connectivity index (χ0v) is 11.7. The van der Waals surface area contributed by atoms with Gasteiger partial charge in [-0.2, -0.15) is 5.10 Å². The zero-order chi connectivity index (χ0) is 14.9. The van der Waals surface area contributed by atoms with Crippen LogP contribution in [-0.2, 0) is 6.54 Å². The number of benzene rings is 1. The van der Waals surface area contributed by atoms with E-state index in [0.717, 1.165) is 5.65 Å². The molecule has 22 heavy (non-hydrogen) atoms. The topological polar surface area (TPSA) is 69.8 Å². The van der Waals surface area contributed by atoms with E-state index in [1.165, 1.54) is 0 Å². The Bertz CT molecular complexity index is 836. The van der Waals surface area contributed by atoms with Gasteiger partial charge in [0, 0.05) is 37.1 Å². The normalized spacial score (nSPS) is 12.7. The van der Waals surface area contributed by atoms with Gasteiger partial charge in [0.1, 0.15) is 5.65 Å². The molecule has 1 aromatic carbocycles. The van der Waals surface area contributed by atoms with Gasteiger partial charge in [-0.1, -0.05) is 0 Å². The third-order valence-electron chi connectivity index (χ3n) is 3.60. The maximum Gasteiger partial charge on any atom is 0.251 e. The molecule has 0 aliphatic carbocycles. The van der Waals surface area contributed by atoms with Crippen LogP contribution in [0.2, 0.25) is 0 Å². The molecule has 4 rings (SSSR count). The Balaban J connectivity index is 1.39. The second-order valence-electron chi connectivity index (χ2n) is 4.95. The minimum absolute atomic E-state index is 0.130. The van der Waals surface area contributed by atoms with Crippen LogP contribution in [0.3, 0.4) is 0 Å². The fourth-order valence-electron chi connectivity index (χ4n) is 2.49. The van der Waals surface area contributed by atoms with E-state index in [2.05, 4.69) is 10.4 Å². The van der Waals surface area contributed by atoms with Gasteiger partial charge < -0.3 is 19.4 Å². The van der Waals surface area contributed by atoms with E-state index >= 15 is 0 Å². The van der Waals surface area contributed by atoms with Gasteiger partial charge in [-0.05, 0) is 18.2 Å². The number of imidazole rings is 1. The first-order valence-corrected chi connectivity index (χ1v) is 6.97. The molecule has 1 aliphatic rings. The number of nitrogens with zero attached hydrogens (tertiary/aromatic N) is 3. The van der Waals surface area contributed by atoms with Crippen molar-refractivity contribution in [1.29, 1.82) is 0 Å². The smallest absolute Gasteiger partial charge is 0.251 e. The first-order chi connectivity index (χ1) is 10.8. The summed E-state index contributed by atoms with van der Waals surface area (Å²) in [6.07, 6.45) is 5.57. The number of carbonyl (C=O) groups is 1. The first-order valence-electron chi connectivity index (χ1n) is 6.97. The minimum atomic E-state index is -0.130. The molecular weight excluding hydrogens is 284 g/mol. The average molecular weight is 298 g/mol. The molecule has 0 unspecified atom stereocenters. The summed E-state index contributed by atoms with van der Waals surface area (Å²) in [5.74, 6) is 1.15. The molecule has 0 fully saturated rings. The van der Waals surface area contributed by atoms with Crippen LogP contribution in [0.5, 0.6) is 11.5 Å².